The van der Waals surface area contributed by atoms with Crippen molar-refractivity contribution in [2.24, 2.45) is 11.8 Å². The molecule has 3 aromatic rings. The molecule has 44 heavy (non-hydrogen) atoms. The minimum absolute atomic E-state index is 0.00866. The number of nitrogens with zero attached hydrogens (tertiary/aromatic N) is 2. The fourth-order valence-corrected chi connectivity index (χ4v) is 7.41. The number of aromatic hydroxyl groups is 2. The Morgan fingerprint density at radius 2 is 1.64 bits per heavy atom. The number of methoxy groups -OCH3 is 2. The Balaban J connectivity index is 1.40. The standard InChI is InChI=1S/C36H40N2O6/c1-37-13-11-23-18-32(41-3)33-19-26(23)28(37)16-22-7-10-30(39)31(17-22)43-24-8-5-21(6-9-24)15-29-27-20-34(42-4)35(40)36(44-33)25(27)12-14-38(29)2/h5-10,17-20,23,26,28-29,39-40H,11-16H2,1-4H3/t23-,26-,28-,29-/m0/s1. The molecule has 1 aliphatic carbocycles. The molecular weight excluding hydrogens is 556 g/mol. The highest BCUT2D eigenvalue weighted by Gasteiger charge is 2.39. The van der Waals surface area contributed by atoms with Crippen LogP contribution in [-0.4, -0.2) is 67.5 Å². The van der Waals surface area contributed by atoms with Crippen LogP contribution in [0.5, 0.6) is 34.5 Å². The molecule has 8 heteroatoms. The zero-order chi connectivity index (χ0) is 30.5. The summed E-state index contributed by atoms with van der Waals surface area (Å²) in [5.74, 6) is 3.80. The lowest BCUT2D eigenvalue weighted by Gasteiger charge is -2.44. The predicted octanol–water partition coefficient (Wildman–Crippen LogP) is 5.97. The van der Waals surface area contributed by atoms with E-state index in [2.05, 4.69) is 48.2 Å². The van der Waals surface area contributed by atoms with Gasteiger partial charge in [0.05, 0.1) is 14.2 Å². The maximum Gasteiger partial charge on any atom is 0.201 e. The van der Waals surface area contributed by atoms with Crippen molar-refractivity contribution >= 4 is 0 Å². The van der Waals surface area contributed by atoms with Gasteiger partial charge in [0.1, 0.15) is 5.75 Å². The summed E-state index contributed by atoms with van der Waals surface area (Å²) in [7, 11) is 7.55. The van der Waals surface area contributed by atoms with E-state index in [1.54, 1.807) is 20.3 Å². The minimum Gasteiger partial charge on any atom is -0.504 e. The number of hydrogen-bond donors (Lipinski definition) is 2. The number of likely N-dealkylation sites (N-methyl/N-ethyl adjacent to an activating group) is 2. The van der Waals surface area contributed by atoms with Crippen LogP contribution in [0.25, 0.3) is 0 Å². The first-order chi connectivity index (χ1) is 21.3. The van der Waals surface area contributed by atoms with E-state index >= 15 is 0 Å². The largest absolute Gasteiger partial charge is 0.504 e. The molecule has 230 valence electrons. The maximum atomic E-state index is 11.5. The maximum absolute atomic E-state index is 11.5. The number of benzene rings is 3. The van der Waals surface area contributed by atoms with Gasteiger partial charge >= 0.3 is 0 Å². The van der Waals surface area contributed by atoms with Gasteiger partial charge < -0.3 is 34.1 Å². The van der Waals surface area contributed by atoms with Crippen LogP contribution in [0.15, 0.2) is 72.2 Å². The molecule has 0 radical (unpaired) electrons. The smallest absolute Gasteiger partial charge is 0.201 e. The SMILES string of the molecule is COC1=C[C@@H]2CCN(C)[C@H]3Cc4ccc(O)c(c4)Oc4ccc(cc4)C[C@H]4c5cc(OC)c(O)c(c5CCN4C)OC1=C[C@@H]23. The Labute approximate surface area is 258 Å². The number of fused-ring (bicyclic) bond motifs is 2. The fraction of sp³-hybridized carbons (Fsp3) is 0.389. The van der Waals surface area contributed by atoms with Crippen molar-refractivity contribution in [3.05, 3.63) is 94.5 Å². The summed E-state index contributed by atoms with van der Waals surface area (Å²) in [6.07, 6.45) is 7.63. The number of rotatable bonds is 2. The third-order valence-electron chi connectivity index (χ3n) is 9.94. The Bertz CT molecular complexity index is 1630. The Hall–Kier alpha value is -4.14. The van der Waals surface area contributed by atoms with Gasteiger partial charge in [0.15, 0.2) is 34.5 Å². The van der Waals surface area contributed by atoms with Crippen LogP contribution in [0, 0.1) is 11.8 Å². The first-order valence-corrected chi connectivity index (χ1v) is 15.4. The second kappa shape index (κ2) is 11.4. The second-order valence-electron chi connectivity index (χ2n) is 12.5. The fourth-order valence-electron chi connectivity index (χ4n) is 7.41. The Kier molecular flexibility index (Phi) is 7.42. The molecule has 8 nitrogen and oxygen atoms in total. The zero-order valence-corrected chi connectivity index (χ0v) is 25.7. The predicted molar refractivity (Wildman–Crippen MR) is 168 cm³/mol. The molecule has 5 aliphatic rings. The lowest BCUT2D eigenvalue weighted by molar-refractivity contribution is 0.105. The molecule has 0 aromatic heterocycles. The summed E-state index contributed by atoms with van der Waals surface area (Å²) < 4.78 is 24.5. The van der Waals surface area contributed by atoms with Crippen LogP contribution >= 0.6 is 0 Å². The first-order valence-electron chi connectivity index (χ1n) is 15.4. The Morgan fingerprint density at radius 1 is 0.841 bits per heavy atom. The van der Waals surface area contributed by atoms with Gasteiger partial charge in [-0.25, -0.2) is 0 Å². The van der Waals surface area contributed by atoms with Crippen molar-refractivity contribution in [3.63, 3.8) is 0 Å². The summed E-state index contributed by atoms with van der Waals surface area (Å²) in [4.78, 5) is 4.74. The molecule has 2 N–H and O–H groups in total. The third-order valence-corrected chi connectivity index (χ3v) is 9.94. The van der Waals surface area contributed by atoms with Crippen LogP contribution in [0.2, 0.25) is 0 Å². The molecular formula is C36H40N2O6. The van der Waals surface area contributed by atoms with Crippen LogP contribution < -0.4 is 14.2 Å². The van der Waals surface area contributed by atoms with Gasteiger partial charge in [-0.3, -0.25) is 4.90 Å². The Morgan fingerprint density at radius 3 is 2.41 bits per heavy atom. The molecule has 1 saturated heterocycles. The number of phenolic OH excluding ortho intramolecular Hbond substituents is 2. The molecule has 0 amide bonds. The van der Waals surface area contributed by atoms with Gasteiger partial charge in [0.25, 0.3) is 0 Å². The normalized spacial score (nSPS) is 24.9. The van der Waals surface area contributed by atoms with E-state index in [0.717, 1.165) is 61.0 Å². The van der Waals surface area contributed by atoms with Gasteiger partial charge in [-0.2, -0.15) is 0 Å². The van der Waals surface area contributed by atoms with Crippen molar-refractivity contribution in [3.8, 4) is 34.5 Å². The highest BCUT2D eigenvalue weighted by Crippen LogP contribution is 2.49. The quantitative estimate of drug-likeness (QED) is 0.375. The van der Waals surface area contributed by atoms with Crippen LogP contribution in [0.1, 0.15) is 34.7 Å². The molecule has 4 heterocycles. The average molecular weight is 597 g/mol. The van der Waals surface area contributed by atoms with Crippen molar-refractivity contribution < 1.29 is 29.2 Å². The molecule has 4 aliphatic heterocycles. The van der Waals surface area contributed by atoms with E-state index < -0.39 is 0 Å². The molecule has 0 spiro atoms. The highest BCUT2D eigenvalue weighted by atomic mass is 16.5. The number of likely N-dealkylation sites (tertiary alicyclic amines) is 1. The van der Waals surface area contributed by atoms with Crippen LogP contribution in [0.4, 0.5) is 0 Å². The number of piperidine rings is 1. The summed E-state index contributed by atoms with van der Waals surface area (Å²) >= 11 is 0. The van der Waals surface area contributed by atoms with Crippen molar-refractivity contribution in [2.45, 2.75) is 37.8 Å². The lowest BCUT2D eigenvalue weighted by Crippen LogP contribution is -2.48. The monoisotopic (exact) mass is 596 g/mol. The topological polar surface area (TPSA) is 83.9 Å². The second-order valence-corrected chi connectivity index (χ2v) is 12.5. The highest BCUT2D eigenvalue weighted by molar-refractivity contribution is 5.61. The van der Waals surface area contributed by atoms with E-state index in [4.69, 9.17) is 18.9 Å². The van der Waals surface area contributed by atoms with Gasteiger partial charge in [-0.05, 0) is 111 Å². The van der Waals surface area contributed by atoms with Gasteiger partial charge in [-0.15, -0.1) is 0 Å². The van der Waals surface area contributed by atoms with Gasteiger partial charge in [0.2, 0.25) is 5.75 Å². The van der Waals surface area contributed by atoms with E-state index in [-0.39, 0.29) is 35.4 Å². The third kappa shape index (κ3) is 5.06. The van der Waals surface area contributed by atoms with E-state index in [9.17, 15) is 10.2 Å². The molecule has 0 saturated carbocycles. The minimum atomic E-state index is 0.00866. The molecule has 0 unspecified atom stereocenters. The van der Waals surface area contributed by atoms with E-state index in [1.165, 1.54) is 0 Å². The van der Waals surface area contributed by atoms with Crippen LogP contribution in [0.3, 0.4) is 0 Å². The molecule has 8 rings (SSSR count). The van der Waals surface area contributed by atoms with Crippen molar-refractivity contribution in [2.75, 3.05) is 41.4 Å². The summed E-state index contributed by atoms with van der Waals surface area (Å²) in [5.41, 5.74) is 4.29. The van der Waals surface area contributed by atoms with Crippen molar-refractivity contribution in [1.82, 2.24) is 9.80 Å². The summed E-state index contributed by atoms with van der Waals surface area (Å²) in [6, 6.07) is 15.9. The number of allylic oxidation sites excluding steroid dienone is 1. The van der Waals surface area contributed by atoms with Gasteiger partial charge in [-0.1, -0.05) is 18.2 Å². The number of phenols is 2. The molecule has 1 fully saturated rings. The average Bonchev–Trinajstić information content (AvgIpc) is 3.03. The summed E-state index contributed by atoms with van der Waals surface area (Å²) in [5, 5.41) is 22.1. The lowest BCUT2D eigenvalue weighted by atomic mass is 9.74. The molecule has 4 atom stereocenters. The number of ether oxygens (including phenoxy) is 4. The molecule has 3 aromatic carbocycles. The van der Waals surface area contributed by atoms with Gasteiger partial charge in [0, 0.05) is 30.1 Å². The first kappa shape index (κ1) is 28.6. The zero-order valence-electron chi connectivity index (χ0n) is 25.7. The van der Waals surface area contributed by atoms with E-state index in [0.29, 0.717) is 34.5 Å². The number of hydrogen-bond acceptors (Lipinski definition) is 8. The van der Waals surface area contributed by atoms with Crippen molar-refractivity contribution in [1.29, 1.82) is 0 Å². The van der Waals surface area contributed by atoms with E-state index in [1.807, 2.05) is 30.3 Å². The summed E-state index contributed by atoms with van der Waals surface area (Å²) in [6.45, 7) is 1.77. The van der Waals surface area contributed by atoms with Crippen LogP contribution in [-0.2, 0) is 24.0 Å². The molecule has 10 bridgehead atoms.